The van der Waals surface area contributed by atoms with Crippen LogP contribution in [0.1, 0.15) is 34.6 Å². The van der Waals surface area contributed by atoms with Gasteiger partial charge >= 0.3 is 36.9 Å². The Morgan fingerprint density at radius 1 is 0.672 bits per heavy atom. The van der Waals surface area contributed by atoms with Crippen molar-refractivity contribution in [3.63, 3.8) is 0 Å². The van der Waals surface area contributed by atoms with Crippen molar-refractivity contribution >= 4 is 148 Å². The molecule has 0 unspecified atom stereocenters. The number of ether oxygens (including phenoxy) is 3. The number of carboxylic acid groups (broad SMARTS) is 1. The maximum Gasteiger partial charge on any atom is 1.00 e. The number of aromatic carboxylic acids is 1. The zero-order valence-corrected chi connectivity index (χ0v) is 40.9. The first-order valence-electron chi connectivity index (χ1n) is 18.0. The van der Waals surface area contributed by atoms with Gasteiger partial charge in [0.15, 0.2) is 0 Å². The summed E-state index contributed by atoms with van der Waals surface area (Å²) in [6.45, 7) is -0.0836. The van der Waals surface area contributed by atoms with E-state index in [1.165, 1.54) is 43.0 Å². The summed E-state index contributed by atoms with van der Waals surface area (Å²) in [7, 11) is 2.45. The van der Waals surface area contributed by atoms with Crippen molar-refractivity contribution in [1.29, 1.82) is 0 Å². The minimum Gasteiger partial charge on any atom is -0.544 e. The number of halogens is 3. The van der Waals surface area contributed by atoms with Gasteiger partial charge in [-0.25, -0.2) is 9.59 Å². The van der Waals surface area contributed by atoms with Crippen LogP contribution in [0.3, 0.4) is 0 Å². The number of thiophene rings is 3. The number of alkyl carbamates (subject to hydrolysis) is 1. The molecule has 17 nitrogen and oxygen atoms in total. The first-order chi connectivity index (χ1) is 30.2. The number of benzene rings is 1. The monoisotopic (exact) mass is 1110 g/mol. The Morgan fingerprint density at radius 2 is 1.11 bits per heavy atom. The van der Waals surface area contributed by atoms with E-state index < -0.39 is 42.0 Å². The number of esters is 2. The standard InChI is InChI=1S/C20H18BrN3O5S.C12H12BrN3O3S.C8H4BrNO2S.Li/c1-28-19(26)15(24-20(27)29-11-12-5-3-2-4-6-12)10-23-18(25)16-9-14-17(30-16)13(21)7-8-22-14;1-19-12(18)7(14)5-16-11(17)9-4-8-10(20-9)6(13)2-3-15-8;9-4-1-2-10-5-3-6(8(11)12)13-7(4)5;/h2-9,15H,10-11H2,1H3,(H,23,25)(H,24,27);2-4,7H,5,14H2,1H3,(H,16,17);1-3H,(H,11,12);/q;;;+1/p-1/t15-;7-;;/m11../s1. The van der Waals surface area contributed by atoms with Crippen molar-refractivity contribution in [2.24, 2.45) is 5.73 Å². The molecule has 1 aromatic carbocycles. The van der Waals surface area contributed by atoms with E-state index in [1.807, 2.05) is 36.4 Å². The summed E-state index contributed by atoms with van der Waals surface area (Å²) in [6, 6.07) is 17.4. The van der Waals surface area contributed by atoms with Crippen molar-refractivity contribution in [2.75, 3.05) is 27.3 Å². The van der Waals surface area contributed by atoms with Gasteiger partial charge in [-0.2, -0.15) is 0 Å². The Kier molecular flexibility index (Phi) is 20.2. The number of methoxy groups -OCH3 is 2. The molecule has 0 saturated carbocycles. The molecule has 6 heterocycles. The van der Waals surface area contributed by atoms with Crippen molar-refractivity contribution in [3.8, 4) is 0 Å². The fraction of sp³-hybridized carbons (Fsp3) is 0.175. The molecule has 0 aliphatic rings. The molecule has 0 aliphatic heterocycles. The summed E-state index contributed by atoms with van der Waals surface area (Å²) in [5.74, 6) is -3.11. The van der Waals surface area contributed by atoms with E-state index in [0.29, 0.717) is 20.8 Å². The van der Waals surface area contributed by atoms with Crippen LogP contribution in [0.2, 0.25) is 0 Å². The number of nitrogens with one attached hydrogen (secondary N) is 3. The number of pyridine rings is 3. The van der Waals surface area contributed by atoms with Crippen LogP contribution < -0.4 is 45.7 Å². The summed E-state index contributed by atoms with van der Waals surface area (Å²) < 4.78 is 19.5. The molecule has 3 amide bonds. The third-order valence-corrected chi connectivity index (χ3v) is 14.4. The van der Waals surface area contributed by atoms with Gasteiger partial charge in [-0.05, 0) is 89.8 Å². The first-order valence-corrected chi connectivity index (χ1v) is 22.8. The molecular weight excluding hydrogens is 1080 g/mol. The van der Waals surface area contributed by atoms with E-state index >= 15 is 0 Å². The van der Waals surface area contributed by atoms with E-state index in [9.17, 15) is 33.9 Å². The Hall–Kier alpha value is -4.83. The van der Waals surface area contributed by atoms with Gasteiger partial charge in [0, 0.05) is 45.1 Å². The van der Waals surface area contributed by atoms with Gasteiger partial charge in [-0.15, -0.1) is 34.0 Å². The molecule has 7 rings (SSSR count). The van der Waals surface area contributed by atoms with Crippen molar-refractivity contribution < 1.29 is 66.9 Å². The summed E-state index contributed by atoms with van der Waals surface area (Å²) in [4.78, 5) is 83.8. The average Bonchev–Trinajstić information content (AvgIpc) is 4.06. The van der Waals surface area contributed by atoms with Crippen molar-refractivity contribution in [3.05, 3.63) is 119 Å². The molecule has 5 N–H and O–H groups in total. The van der Waals surface area contributed by atoms with E-state index in [1.54, 1.807) is 42.9 Å². The van der Waals surface area contributed by atoms with E-state index in [-0.39, 0.29) is 49.3 Å². The van der Waals surface area contributed by atoms with Gasteiger partial charge in [0.25, 0.3) is 11.8 Å². The predicted molar refractivity (Wildman–Crippen MR) is 247 cm³/mol. The van der Waals surface area contributed by atoms with Gasteiger partial charge in [-0.1, -0.05) is 30.3 Å². The number of nitrogens with zero attached hydrogens (tertiary/aromatic N) is 3. The van der Waals surface area contributed by atoms with Crippen LogP contribution in [0.5, 0.6) is 0 Å². The summed E-state index contributed by atoms with van der Waals surface area (Å²) in [5, 5.41) is 18.2. The zero-order chi connectivity index (χ0) is 45.6. The van der Waals surface area contributed by atoms with Gasteiger partial charge in [-0.3, -0.25) is 29.3 Å². The third kappa shape index (κ3) is 14.3. The van der Waals surface area contributed by atoms with Gasteiger partial charge in [0.2, 0.25) is 0 Å². The van der Waals surface area contributed by atoms with E-state index in [4.69, 9.17) is 15.2 Å². The summed E-state index contributed by atoms with van der Waals surface area (Å²) in [6.07, 6.45) is 4.13. The SMILES string of the molecule is COC(=O)[C@@H](CNC(=O)c1cc2nccc(Br)c2s1)NC(=O)OCc1ccccc1.COC(=O)[C@H](N)CNC(=O)c1cc2nccc(Br)c2s1.O=C([O-])c1cc2nccc(Br)c2s1.[Li+]. The fourth-order valence-electron chi connectivity index (χ4n) is 5.09. The van der Waals surface area contributed by atoms with Crippen LogP contribution in [-0.2, 0) is 30.4 Å². The number of aromatic nitrogens is 3. The molecule has 0 spiro atoms. The number of carbonyl (C=O) groups is 6. The van der Waals surface area contributed by atoms with Crippen LogP contribution in [0.15, 0.2) is 98.7 Å². The second-order valence-electron chi connectivity index (χ2n) is 12.5. The predicted octanol–water partition coefficient (Wildman–Crippen LogP) is 2.97. The average molecular weight is 1110 g/mol. The molecule has 6 aromatic heterocycles. The first kappa shape index (κ1) is 51.8. The third-order valence-electron chi connectivity index (χ3n) is 8.18. The number of fused-ring (bicyclic) bond motifs is 3. The fourth-order valence-corrected chi connectivity index (χ4v) is 9.52. The Morgan fingerprint density at radius 3 is 1.55 bits per heavy atom. The molecule has 2 atom stereocenters. The second-order valence-corrected chi connectivity index (χ2v) is 18.2. The van der Waals surface area contributed by atoms with Crippen molar-refractivity contribution in [2.45, 2.75) is 18.7 Å². The topological polar surface area (TPSA) is 254 Å². The summed E-state index contributed by atoms with van der Waals surface area (Å²) in [5.41, 5.74) is 8.46. The van der Waals surface area contributed by atoms with E-state index in [2.05, 4.69) is 83.4 Å². The number of rotatable bonds is 12. The molecule has 328 valence electrons. The number of hydrogen-bond donors (Lipinski definition) is 4. The minimum atomic E-state index is -1.16. The van der Waals surface area contributed by atoms with Gasteiger partial charge < -0.3 is 45.8 Å². The van der Waals surface area contributed by atoms with Crippen LogP contribution >= 0.6 is 81.8 Å². The van der Waals surface area contributed by atoms with Crippen LogP contribution in [0.25, 0.3) is 30.6 Å². The Bertz CT molecular complexity index is 2780. The van der Waals surface area contributed by atoms with Crippen LogP contribution in [-0.4, -0.2) is 90.2 Å². The number of carboxylic acids is 1. The molecule has 7 aromatic rings. The number of nitrogens with two attached hydrogens (primary N) is 1. The molecule has 0 fully saturated rings. The molecule has 0 radical (unpaired) electrons. The van der Waals surface area contributed by atoms with Crippen molar-refractivity contribution in [1.82, 2.24) is 30.9 Å². The van der Waals surface area contributed by atoms with Crippen LogP contribution in [0.4, 0.5) is 4.79 Å². The van der Waals surface area contributed by atoms with E-state index in [0.717, 1.165) is 49.9 Å². The number of amides is 3. The molecule has 64 heavy (non-hydrogen) atoms. The summed E-state index contributed by atoms with van der Waals surface area (Å²) >= 11 is 13.9. The molecule has 24 heteroatoms. The number of hydrogen-bond acceptors (Lipinski definition) is 17. The quantitative estimate of drug-likeness (QED) is 0.0781. The minimum absolute atomic E-state index is 0. The normalized spacial score (nSPS) is 11.3. The molecule has 0 aliphatic carbocycles. The van der Waals surface area contributed by atoms with Gasteiger partial charge in [0.05, 0.1) is 65.5 Å². The molecule has 0 saturated heterocycles. The largest absolute Gasteiger partial charge is 1.00 e. The molecule has 0 bridgehead atoms. The molecular formula is C40H33Br3LiN7O10S3. The maximum absolute atomic E-state index is 12.5. The second kappa shape index (κ2) is 25.0. The zero-order valence-electron chi connectivity index (χ0n) is 33.7. The maximum atomic E-state index is 12.5. The number of carbonyl (C=O) groups excluding carboxylic acids is 6. The van der Waals surface area contributed by atoms with Crippen LogP contribution in [0, 0.1) is 0 Å². The van der Waals surface area contributed by atoms with Gasteiger partial charge in [0.1, 0.15) is 18.7 Å². The smallest absolute Gasteiger partial charge is 0.544 e. The Balaban J connectivity index is 0.000000227. The Labute approximate surface area is 413 Å².